The fourth-order valence-electron chi connectivity index (χ4n) is 2.57. The Morgan fingerprint density at radius 3 is 2.17 bits per heavy atom. The third-order valence-corrected chi connectivity index (χ3v) is 3.82. The van der Waals surface area contributed by atoms with Crippen molar-refractivity contribution in [3.63, 3.8) is 0 Å². The molecule has 1 aliphatic carbocycles. The first-order chi connectivity index (χ1) is 8.50. The zero-order valence-corrected chi connectivity index (χ0v) is 10.4. The van der Waals surface area contributed by atoms with Gasteiger partial charge >= 0.3 is 6.18 Å². The minimum atomic E-state index is -4.23. The van der Waals surface area contributed by atoms with Crippen molar-refractivity contribution in [3.8, 4) is 0 Å². The van der Waals surface area contributed by atoms with Crippen LogP contribution < -0.4 is 5.32 Å². The first-order valence-corrected chi connectivity index (χ1v) is 6.31. The van der Waals surface area contributed by atoms with Crippen LogP contribution in [0, 0.1) is 11.8 Å². The van der Waals surface area contributed by atoms with E-state index in [1.165, 1.54) is 25.0 Å². The first-order valence-electron chi connectivity index (χ1n) is 6.31. The second-order valence-corrected chi connectivity index (χ2v) is 5.05. The molecule has 1 aliphatic rings. The maximum atomic E-state index is 12.4. The van der Waals surface area contributed by atoms with Gasteiger partial charge in [-0.2, -0.15) is 13.2 Å². The van der Waals surface area contributed by atoms with E-state index in [-0.39, 0.29) is 0 Å². The van der Waals surface area contributed by atoms with Crippen LogP contribution in [0.25, 0.3) is 0 Å². The largest absolute Gasteiger partial charge is 0.416 e. The second-order valence-electron chi connectivity index (χ2n) is 5.05. The highest BCUT2D eigenvalue weighted by Crippen LogP contribution is 2.36. The molecule has 1 saturated carbocycles. The molecule has 0 radical (unpaired) electrons. The average Bonchev–Trinajstić information content (AvgIpc) is 2.31. The van der Waals surface area contributed by atoms with Crippen molar-refractivity contribution < 1.29 is 13.2 Å². The van der Waals surface area contributed by atoms with Gasteiger partial charge in [-0.15, -0.1) is 0 Å². The topological polar surface area (TPSA) is 12.0 Å². The molecule has 0 saturated heterocycles. The number of hydrogen-bond donors (Lipinski definition) is 1. The summed E-state index contributed by atoms with van der Waals surface area (Å²) in [6.07, 6.45) is -0.923. The van der Waals surface area contributed by atoms with Crippen molar-refractivity contribution in [2.24, 2.45) is 11.8 Å². The Labute approximate surface area is 105 Å². The molecule has 1 nitrogen and oxygen atoms in total. The van der Waals surface area contributed by atoms with Crippen molar-refractivity contribution in [2.75, 3.05) is 13.6 Å². The lowest BCUT2D eigenvalue weighted by Gasteiger charge is -2.36. The predicted molar refractivity (Wildman–Crippen MR) is 65.3 cm³/mol. The molecule has 0 amide bonds. The maximum absolute atomic E-state index is 12.4. The molecule has 0 aliphatic heterocycles. The molecular formula is C14H18F3N. The number of nitrogens with one attached hydrogen (secondary N) is 1. The average molecular weight is 257 g/mol. The Morgan fingerprint density at radius 2 is 1.72 bits per heavy atom. The van der Waals surface area contributed by atoms with Crippen LogP contribution in [0.5, 0.6) is 0 Å². The third-order valence-electron chi connectivity index (χ3n) is 3.82. The normalized spacial score (nSPS) is 23.8. The molecule has 0 spiro atoms. The van der Waals surface area contributed by atoms with Crippen molar-refractivity contribution in [1.29, 1.82) is 0 Å². The van der Waals surface area contributed by atoms with Gasteiger partial charge in [0.05, 0.1) is 5.56 Å². The summed E-state index contributed by atoms with van der Waals surface area (Å²) < 4.78 is 37.2. The van der Waals surface area contributed by atoms with Gasteiger partial charge in [0.25, 0.3) is 0 Å². The number of hydrogen-bond acceptors (Lipinski definition) is 1. The smallest absolute Gasteiger partial charge is 0.319 e. The van der Waals surface area contributed by atoms with Crippen LogP contribution in [0.4, 0.5) is 13.2 Å². The van der Waals surface area contributed by atoms with Gasteiger partial charge in [-0.3, -0.25) is 0 Å². The van der Waals surface area contributed by atoms with Gasteiger partial charge in [-0.25, -0.2) is 0 Å². The minimum Gasteiger partial charge on any atom is -0.319 e. The van der Waals surface area contributed by atoms with E-state index in [0.29, 0.717) is 11.8 Å². The molecule has 1 aromatic rings. The van der Waals surface area contributed by atoms with Gasteiger partial charge in [-0.05, 0) is 62.4 Å². The molecule has 1 fully saturated rings. The summed E-state index contributed by atoms with van der Waals surface area (Å²) in [5.74, 6) is 1.30. The highest BCUT2D eigenvalue weighted by atomic mass is 19.4. The summed E-state index contributed by atoms with van der Waals surface area (Å²) in [5, 5.41) is 3.17. The zero-order chi connectivity index (χ0) is 13.2. The van der Waals surface area contributed by atoms with Crippen molar-refractivity contribution in [2.45, 2.75) is 25.4 Å². The standard InChI is InChI=1S/C14H18F3N/c1-18-9-12-5-4-11(12)8-10-2-6-13(7-3-10)14(15,16)17/h2-3,6-7,11-12,18H,4-5,8-9H2,1H3. The molecule has 0 aromatic heterocycles. The zero-order valence-electron chi connectivity index (χ0n) is 10.4. The van der Waals surface area contributed by atoms with Crippen LogP contribution in [-0.2, 0) is 12.6 Å². The molecule has 1 N–H and O–H groups in total. The van der Waals surface area contributed by atoms with Gasteiger partial charge in [0.1, 0.15) is 0 Å². The Bertz CT molecular complexity index is 383. The molecule has 1 aromatic carbocycles. The van der Waals surface area contributed by atoms with E-state index in [1.807, 2.05) is 7.05 Å². The first kappa shape index (κ1) is 13.4. The lowest BCUT2D eigenvalue weighted by atomic mass is 9.70. The number of benzene rings is 1. The summed E-state index contributed by atoms with van der Waals surface area (Å²) in [6.45, 7) is 1.01. The monoisotopic (exact) mass is 257 g/mol. The molecule has 2 atom stereocenters. The summed E-state index contributed by atoms with van der Waals surface area (Å²) in [6, 6.07) is 5.58. The molecule has 2 rings (SSSR count). The van der Waals surface area contributed by atoms with Gasteiger partial charge < -0.3 is 5.32 Å². The third kappa shape index (κ3) is 3.05. The van der Waals surface area contributed by atoms with E-state index in [9.17, 15) is 13.2 Å². The molecule has 2 unspecified atom stereocenters. The number of rotatable bonds is 4. The van der Waals surface area contributed by atoms with Crippen molar-refractivity contribution >= 4 is 0 Å². The summed E-state index contributed by atoms with van der Waals surface area (Å²) in [5.41, 5.74) is 0.445. The predicted octanol–water partition coefficient (Wildman–Crippen LogP) is 3.49. The minimum absolute atomic E-state index is 0.563. The van der Waals surface area contributed by atoms with E-state index < -0.39 is 11.7 Å². The Hall–Kier alpha value is -1.03. The van der Waals surface area contributed by atoms with Gasteiger partial charge in [0.2, 0.25) is 0 Å². The highest BCUT2D eigenvalue weighted by Gasteiger charge is 2.31. The Kier molecular flexibility index (Phi) is 3.95. The molecule has 100 valence electrons. The van der Waals surface area contributed by atoms with Gasteiger partial charge in [-0.1, -0.05) is 12.1 Å². The Balaban J connectivity index is 1.95. The van der Waals surface area contributed by atoms with E-state index in [4.69, 9.17) is 0 Å². The van der Waals surface area contributed by atoms with Crippen LogP contribution in [0.15, 0.2) is 24.3 Å². The highest BCUT2D eigenvalue weighted by molar-refractivity contribution is 5.25. The van der Waals surface area contributed by atoms with E-state index in [1.54, 1.807) is 12.1 Å². The lowest BCUT2D eigenvalue weighted by Crippen LogP contribution is -2.35. The van der Waals surface area contributed by atoms with Gasteiger partial charge in [0.15, 0.2) is 0 Å². The van der Waals surface area contributed by atoms with Crippen LogP contribution in [0.3, 0.4) is 0 Å². The fraction of sp³-hybridized carbons (Fsp3) is 0.571. The van der Waals surface area contributed by atoms with Crippen LogP contribution in [0.2, 0.25) is 0 Å². The lowest BCUT2D eigenvalue weighted by molar-refractivity contribution is -0.137. The molecule has 4 heteroatoms. The van der Waals surface area contributed by atoms with Crippen LogP contribution >= 0.6 is 0 Å². The molecule has 0 bridgehead atoms. The van der Waals surface area contributed by atoms with Crippen molar-refractivity contribution in [3.05, 3.63) is 35.4 Å². The van der Waals surface area contributed by atoms with E-state index >= 15 is 0 Å². The van der Waals surface area contributed by atoms with E-state index in [2.05, 4.69) is 5.32 Å². The number of halogens is 3. The quantitative estimate of drug-likeness (QED) is 0.870. The Morgan fingerprint density at radius 1 is 1.11 bits per heavy atom. The molecule has 18 heavy (non-hydrogen) atoms. The fourth-order valence-corrected chi connectivity index (χ4v) is 2.57. The summed E-state index contributed by atoms with van der Waals surface area (Å²) >= 11 is 0. The van der Waals surface area contributed by atoms with Crippen LogP contribution in [-0.4, -0.2) is 13.6 Å². The van der Waals surface area contributed by atoms with E-state index in [0.717, 1.165) is 18.5 Å². The molecule has 0 heterocycles. The summed E-state index contributed by atoms with van der Waals surface area (Å²) in [7, 11) is 1.94. The number of alkyl halides is 3. The summed E-state index contributed by atoms with van der Waals surface area (Å²) in [4.78, 5) is 0. The van der Waals surface area contributed by atoms with Crippen LogP contribution in [0.1, 0.15) is 24.0 Å². The van der Waals surface area contributed by atoms with Gasteiger partial charge in [0, 0.05) is 0 Å². The molecular weight excluding hydrogens is 239 g/mol. The second kappa shape index (κ2) is 5.31. The SMILES string of the molecule is CNCC1CCC1Cc1ccc(C(F)(F)F)cc1. The van der Waals surface area contributed by atoms with Crippen molar-refractivity contribution in [1.82, 2.24) is 5.32 Å². The maximum Gasteiger partial charge on any atom is 0.416 e.